The first-order valence-electron chi connectivity index (χ1n) is 5.72. The van der Waals surface area contributed by atoms with Crippen LogP contribution in [0.1, 0.15) is 18.5 Å². The van der Waals surface area contributed by atoms with E-state index in [4.69, 9.17) is 0 Å². The molecule has 0 unspecified atom stereocenters. The van der Waals surface area contributed by atoms with Crippen molar-refractivity contribution in [3.8, 4) is 0 Å². The summed E-state index contributed by atoms with van der Waals surface area (Å²) in [4.78, 5) is 0. The first kappa shape index (κ1) is 11.8. The minimum atomic E-state index is -0.191. The summed E-state index contributed by atoms with van der Waals surface area (Å²) in [5, 5.41) is 7.45. The van der Waals surface area contributed by atoms with Crippen molar-refractivity contribution in [1.29, 1.82) is 0 Å². The number of nitrogens with zero attached hydrogens (tertiary/aromatic N) is 2. The predicted octanol–water partition coefficient (Wildman–Crippen LogP) is 2.37. The maximum absolute atomic E-state index is 13.0. The van der Waals surface area contributed by atoms with Crippen LogP contribution in [0.25, 0.3) is 0 Å². The highest BCUT2D eigenvalue weighted by Gasteiger charge is 2.04. The minimum Gasteiger partial charge on any atom is -0.308 e. The van der Waals surface area contributed by atoms with E-state index < -0.39 is 0 Å². The van der Waals surface area contributed by atoms with Gasteiger partial charge in [-0.25, -0.2) is 4.39 Å². The topological polar surface area (TPSA) is 29.9 Å². The smallest absolute Gasteiger partial charge is 0.123 e. The number of hydrogen-bond donors (Lipinski definition) is 1. The fourth-order valence-electron chi connectivity index (χ4n) is 1.72. The lowest BCUT2D eigenvalue weighted by Crippen LogP contribution is -2.23. The van der Waals surface area contributed by atoms with Gasteiger partial charge in [0.2, 0.25) is 0 Å². The molecule has 0 spiro atoms. The van der Waals surface area contributed by atoms with Gasteiger partial charge in [-0.15, -0.1) is 0 Å². The van der Waals surface area contributed by atoms with Crippen LogP contribution >= 0.6 is 0 Å². The van der Waals surface area contributed by atoms with Crippen molar-refractivity contribution in [2.24, 2.45) is 0 Å². The molecule has 2 aromatic rings. The van der Waals surface area contributed by atoms with Crippen molar-refractivity contribution in [3.05, 3.63) is 54.1 Å². The van der Waals surface area contributed by atoms with Gasteiger partial charge in [-0.2, -0.15) is 5.10 Å². The normalized spacial score (nSPS) is 12.6. The summed E-state index contributed by atoms with van der Waals surface area (Å²) < 4.78 is 14.9. The van der Waals surface area contributed by atoms with Crippen LogP contribution in [0.3, 0.4) is 0 Å². The van der Waals surface area contributed by atoms with Crippen molar-refractivity contribution in [2.75, 3.05) is 6.54 Å². The third-order valence-electron chi connectivity index (χ3n) is 2.70. The van der Waals surface area contributed by atoms with Crippen LogP contribution in [-0.4, -0.2) is 16.3 Å². The Balaban J connectivity index is 1.83. The molecular weight excluding hydrogens is 217 g/mol. The van der Waals surface area contributed by atoms with Crippen molar-refractivity contribution >= 4 is 0 Å². The fourth-order valence-corrected chi connectivity index (χ4v) is 1.72. The number of aromatic nitrogens is 2. The third kappa shape index (κ3) is 3.39. The predicted molar refractivity (Wildman–Crippen MR) is 65.0 cm³/mol. The van der Waals surface area contributed by atoms with Crippen LogP contribution in [0.15, 0.2) is 42.7 Å². The van der Waals surface area contributed by atoms with Gasteiger partial charge in [0.05, 0.1) is 6.54 Å². The molecule has 4 heteroatoms. The first-order valence-corrected chi connectivity index (χ1v) is 5.72. The standard InChI is InChI=1S/C13H16FN3/c1-11(12-4-2-5-13(14)10-12)15-7-9-17-8-3-6-16-17/h2-6,8,10-11,15H,7,9H2,1H3/t11-/m1/s1. The van der Waals surface area contributed by atoms with Gasteiger partial charge >= 0.3 is 0 Å². The molecule has 2 rings (SSSR count). The average Bonchev–Trinajstić information content (AvgIpc) is 2.82. The summed E-state index contributed by atoms with van der Waals surface area (Å²) in [6, 6.07) is 8.72. The zero-order chi connectivity index (χ0) is 12.1. The highest BCUT2D eigenvalue weighted by Crippen LogP contribution is 2.12. The molecule has 1 aromatic heterocycles. The maximum atomic E-state index is 13.0. The first-order chi connectivity index (χ1) is 8.25. The van der Waals surface area contributed by atoms with E-state index in [-0.39, 0.29) is 11.9 Å². The summed E-state index contributed by atoms with van der Waals surface area (Å²) >= 11 is 0. The second-order valence-corrected chi connectivity index (χ2v) is 4.00. The molecule has 90 valence electrons. The lowest BCUT2D eigenvalue weighted by molar-refractivity contribution is 0.505. The molecule has 3 nitrogen and oxygen atoms in total. The molecule has 0 aliphatic rings. The Kier molecular flexibility index (Phi) is 3.88. The van der Waals surface area contributed by atoms with Crippen LogP contribution in [0.5, 0.6) is 0 Å². The van der Waals surface area contributed by atoms with Crippen LogP contribution < -0.4 is 5.32 Å². The SMILES string of the molecule is C[C@@H](NCCn1cccn1)c1cccc(F)c1. The van der Waals surface area contributed by atoms with Gasteiger partial charge in [0.25, 0.3) is 0 Å². The molecule has 0 saturated carbocycles. The molecule has 0 bridgehead atoms. The Labute approximate surface area is 100 Å². The van der Waals surface area contributed by atoms with E-state index >= 15 is 0 Å². The van der Waals surface area contributed by atoms with E-state index in [0.717, 1.165) is 18.7 Å². The van der Waals surface area contributed by atoms with Crippen LogP contribution in [-0.2, 0) is 6.54 Å². The Morgan fingerprint density at radius 3 is 3.00 bits per heavy atom. The summed E-state index contributed by atoms with van der Waals surface area (Å²) in [5.41, 5.74) is 0.963. The van der Waals surface area contributed by atoms with Gasteiger partial charge in [-0.3, -0.25) is 4.68 Å². The van der Waals surface area contributed by atoms with Crippen molar-refractivity contribution in [1.82, 2.24) is 15.1 Å². The second kappa shape index (κ2) is 5.59. The average molecular weight is 233 g/mol. The van der Waals surface area contributed by atoms with Crippen LogP contribution in [0, 0.1) is 5.82 Å². The summed E-state index contributed by atoms with van der Waals surface area (Å²) in [6.07, 6.45) is 3.69. The molecule has 1 N–H and O–H groups in total. The molecule has 0 aliphatic carbocycles. The van der Waals surface area contributed by atoms with E-state index in [1.165, 1.54) is 6.07 Å². The Bertz CT molecular complexity index is 453. The number of rotatable bonds is 5. The lowest BCUT2D eigenvalue weighted by Gasteiger charge is -2.14. The van der Waals surface area contributed by atoms with Gasteiger partial charge in [0.15, 0.2) is 0 Å². The zero-order valence-electron chi connectivity index (χ0n) is 9.81. The Hall–Kier alpha value is -1.68. The Morgan fingerprint density at radius 2 is 2.29 bits per heavy atom. The summed E-state index contributed by atoms with van der Waals surface area (Å²) in [7, 11) is 0. The number of hydrogen-bond acceptors (Lipinski definition) is 2. The monoisotopic (exact) mass is 233 g/mol. The molecule has 17 heavy (non-hydrogen) atoms. The van der Waals surface area contributed by atoms with E-state index in [1.807, 2.05) is 29.9 Å². The van der Waals surface area contributed by atoms with Crippen molar-refractivity contribution in [3.63, 3.8) is 0 Å². The second-order valence-electron chi connectivity index (χ2n) is 4.00. The molecular formula is C13H16FN3. The molecule has 1 heterocycles. The maximum Gasteiger partial charge on any atom is 0.123 e. The van der Waals surface area contributed by atoms with Gasteiger partial charge < -0.3 is 5.32 Å². The highest BCUT2D eigenvalue weighted by molar-refractivity contribution is 5.19. The van der Waals surface area contributed by atoms with Crippen molar-refractivity contribution < 1.29 is 4.39 Å². The molecule has 0 amide bonds. The molecule has 0 saturated heterocycles. The van der Waals surface area contributed by atoms with E-state index in [2.05, 4.69) is 10.4 Å². The highest BCUT2D eigenvalue weighted by atomic mass is 19.1. The van der Waals surface area contributed by atoms with Gasteiger partial charge in [-0.1, -0.05) is 12.1 Å². The lowest BCUT2D eigenvalue weighted by atomic mass is 10.1. The van der Waals surface area contributed by atoms with Gasteiger partial charge in [-0.05, 0) is 30.7 Å². The number of nitrogens with one attached hydrogen (secondary N) is 1. The fraction of sp³-hybridized carbons (Fsp3) is 0.308. The largest absolute Gasteiger partial charge is 0.308 e. The number of halogens is 1. The molecule has 0 fully saturated rings. The molecule has 1 atom stereocenters. The molecule has 0 aliphatic heterocycles. The van der Waals surface area contributed by atoms with E-state index in [0.29, 0.717) is 0 Å². The zero-order valence-corrected chi connectivity index (χ0v) is 9.81. The van der Waals surface area contributed by atoms with E-state index in [9.17, 15) is 4.39 Å². The molecule has 1 aromatic carbocycles. The van der Waals surface area contributed by atoms with Crippen LogP contribution in [0.2, 0.25) is 0 Å². The number of benzene rings is 1. The van der Waals surface area contributed by atoms with Gasteiger partial charge in [0, 0.05) is 25.0 Å². The quantitative estimate of drug-likeness (QED) is 0.859. The summed E-state index contributed by atoms with van der Waals surface area (Å²) in [6.45, 7) is 3.64. The minimum absolute atomic E-state index is 0.140. The Morgan fingerprint density at radius 1 is 1.41 bits per heavy atom. The summed E-state index contributed by atoms with van der Waals surface area (Å²) in [5.74, 6) is -0.191. The van der Waals surface area contributed by atoms with Gasteiger partial charge in [0.1, 0.15) is 5.82 Å². The van der Waals surface area contributed by atoms with Crippen LogP contribution in [0.4, 0.5) is 4.39 Å². The molecule has 0 radical (unpaired) electrons. The van der Waals surface area contributed by atoms with Crippen molar-refractivity contribution in [2.45, 2.75) is 19.5 Å². The van der Waals surface area contributed by atoms with E-state index in [1.54, 1.807) is 18.3 Å². The third-order valence-corrected chi connectivity index (χ3v) is 2.70.